The molecule has 1 aromatic heterocycles. The number of aromatic nitrogens is 1. The molecule has 1 aromatic rings. The van der Waals surface area contributed by atoms with Crippen LogP contribution < -0.4 is 4.57 Å². The van der Waals surface area contributed by atoms with Crippen LogP contribution in [-0.2, 0) is 7.05 Å². The van der Waals surface area contributed by atoms with E-state index < -0.39 is 5.60 Å². The molecule has 0 aliphatic rings. The van der Waals surface area contributed by atoms with Gasteiger partial charge in [-0.15, -0.1) is 0 Å². The lowest BCUT2D eigenvalue weighted by Crippen LogP contribution is -2.25. The zero-order chi connectivity index (χ0) is 9.90. The topological polar surface area (TPSA) is 24.1 Å². The molecule has 0 spiro atoms. The fourth-order valence-electron chi connectivity index (χ4n) is 0.809. The maximum atomic E-state index is 9.35. The number of aliphatic hydroxyl groups is 1. The summed E-state index contributed by atoms with van der Waals surface area (Å²) in [4.78, 5) is 0. The van der Waals surface area contributed by atoms with Crippen molar-refractivity contribution in [3.8, 4) is 11.8 Å². The highest BCUT2D eigenvalue weighted by molar-refractivity contribution is 5.33. The third kappa shape index (κ3) is 3.73. The van der Waals surface area contributed by atoms with Crippen LogP contribution in [0.15, 0.2) is 24.5 Å². The van der Waals surface area contributed by atoms with E-state index in [0.717, 1.165) is 5.56 Å². The molecule has 0 saturated carbocycles. The second-order valence-corrected chi connectivity index (χ2v) is 3.56. The number of aryl methyl sites for hydroxylation is 1. The Labute approximate surface area is 78.8 Å². The first-order valence-corrected chi connectivity index (χ1v) is 4.18. The van der Waals surface area contributed by atoms with Gasteiger partial charge in [-0.05, 0) is 13.8 Å². The molecular formula is C11H14NO+. The Morgan fingerprint density at radius 1 is 1.31 bits per heavy atom. The molecular weight excluding hydrogens is 162 g/mol. The van der Waals surface area contributed by atoms with Gasteiger partial charge >= 0.3 is 0 Å². The van der Waals surface area contributed by atoms with Crippen molar-refractivity contribution in [1.29, 1.82) is 0 Å². The van der Waals surface area contributed by atoms with Crippen LogP contribution in [0.2, 0.25) is 0 Å². The third-order valence-corrected chi connectivity index (χ3v) is 1.49. The molecule has 1 N–H and O–H groups in total. The van der Waals surface area contributed by atoms with Gasteiger partial charge in [-0.2, -0.15) is 0 Å². The minimum Gasteiger partial charge on any atom is -0.378 e. The molecule has 0 unspecified atom stereocenters. The summed E-state index contributed by atoms with van der Waals surface area (Å²) >= 11 is 0. The van der Waals surface area contributed by atoms with Crippen molar-refractivity contribution in [1.82, 2.24) is 0 Å². The van der Waals surface area contributed by atoms with Crippen molar-refractivity contribution in [3.05, 3.63) is 30.1 Å². The second-order valence-electron chi connectivity index (χ2n) is 3.56. The normalized spacial score (nSPS) is 10.5. The molecule has 13 heavy (non-hydrogen) atoms. The predicted molar refractivity (Wildman–Crippen MR) is 50.8 cm³/mol. The van der Waals surface area contributed by atoms with Gasteiger partial charge in [-0.1, -0.05) is 11.8 Å². The minimum atomic E-state index is -0.919. The van der Waals surface area contributed by atoms with E-state index in [1.807, 2.05) is 36.1 Å². The lowest BCUT2D eigenvalue weighted by molar-refractivity contribution is -0.671. The van der Waals surface area contributed by atoms with Crippen LogP contribution in [0.4, 0.5) is 0 Å². The summed E-state index contributed by atoms with van der Waals surface area (Å²) in [5.41, 5.74) is -0.00175. The monoisotopic (exact) mass is 176 g/mol. The van der Waals surface area contributed by atoms with E-state index in [0.29, 0.717) is 0 Å². The average molecular weight is 176 g/mol. The molecule has 1 rings (SSSR count). The number of hydrogen-bond acceptors (Lipinski definition) is 1. The standard InChI is InChI=1S/C11H14NO/c1-11(2,13)7-4-10-5-8-12(3)9-6-10/h5-6,8-9,13H,1-3H3/q+1. The Morgan fingerprint density at radius 3 is 2.31 bits per heavy atom. The SMILES string of the molecule is C[n+]1ccc(C#CC(C)(C)O)cc1. The summed E-state index contributed by atoms with van der Waals surface area (Å²) in [6.07, 6.45) is 3.85. The van der Waals surface area contributed by atoms with Crippen molar-refractivity contribution in [2.45, 2.75) is 19.4 Å². The zero-order valence-electron chi connectivity index (χ0n) is 8.20. The van der Waals surface area contributed by atoms with E-state index in [1.165, 1.54) is 0 Å². The van der Waals surface area contributed by atoms with Gasteiger partial charge in [0.15, 0.2) is 12.4 Å². The van der Waals surface area contributed by atoms with Crippen molar-refractivity contribution in [3.63, 3.8) is 0 Å². The molecule has 68 valence electrons. The lowest BCUT2D eigenvalue weighted by Gasteiger charge is -2.05. The number of pyridine rings is 1. The van der Waals surface area contributed by atoms with E-state index in [1.54, 1.807) is 13.8 Å². The highest BCUT2D eigenvalue weighted by Crippen LogP contribution is 1.98. The Bertz CT molecular complexity index is 335. The number of nitrogens with zero attached hydrogens (tertiary/aromatic N) is 1. The zero-order valence-corrected chi connectivity index (χ0v) is 8.20. The first-order valence-electron chi connectivity index (χ1n) is 4.18. The highest BCUT2D eigenvalue weighted by atomic mass is 16.3. The first kappa shape index (κ1) is 9.76. The van der Waals surface area contributed by atoms with Crippen LogP contribution in [-0.4, -0.2) is 10.7 Å². The predicted octanol–water partition coefficient (Wildman–Crippen LogP) is 0.633. The number of hydrogen-bond donors (Lipinski definition) is 1. The maximum Gasteiger partial charge on any atom is 0.169 e. The summed E-state index contributed by atoms with van der Waals surface area (Å²) in [6.45, 7) is 3.34. The van der Waals surface area contributed by atoms with Gasteiger partial charge in [0.05, 0.1) is 0 Å². The maximum absolute atomic E-state index is 9.35. The van der Waals surface area contributed by atoms with Crippen LogP contribution in [0.1, 0.15) is 19.4 Å². The van der Waals surface area contributed by atoms with E-state index in [-0.39, 0.29) is 0 Å². The molecule has 0 saturated heterocycles. The van der Waals surface area contributed by atoms with E-state index >= 15 is 0 Å². The van der Waals surface area contributed by atoms with Gasteiger partial charge in [-0.3, -0.25) is 0 Å². The van der Waals surface area contributed by atoms with Crippen molar-refractivity contribution in [2.75, 3.05) is 0 Å². The van der Waals surface area contributed by atoms with Gasteiger partial charge in [-0.25, -0.2) is 4.57 Å². The molecule has 1 heterocycles. The van der Waals surface area contributed by atoms with Crippen molar-refractivity contribution >= 4 is 0 Å². The number of rotatable bonds is 0. The van der Waals surface area contributed by atoms with Crippen LogP contribution in [0.25, 0.3) is 0 Å². The Balaban J connectivity index is 2.85. The third-order valence-electron chi connectivity index (χ3n) is 1.49. The molecule has 0 aromatic carbocycles. The molecule has 0 fully saturated rings. The Hall–Kier alpha value is -1.33. The Kier molecular flexibility index (Phi) is 2.69. The highest BCUT2D eigenvalue weighted by Gasteiger charge is 2.05. The largest absolute Gasteiger partial charge is 0.378 e. The van der Waals surface area contributed by atoms with Crippen LogP contribution in [0.5, 0.6) is 0 Å². The van der Waals surface area contributed by atoms with E-state index in [2.05, 4.69) is 11.8 Å². The van der Waals surface area contributed by atoms with Crippen molar-refractivity contribution < 1.29 is 9.67 Å². The summed E-state index contributed by atoms with van der Waals surface area (Å²) in [7, 11) is 1.95. The molecule has 2 nitrogen and oxygen atoms in total. The van der Waals surface area contributed by atoms with Gasteiger partial charge < -0.3 is 5.11 Å². The molecule has 0 amide bonds. The summed E-state index contributed by atoms with van der Waals surface area (Å²) < 4.78 is 1.94. The molecule has 0 bridgehead atoms. The van der Waals surface area contributed by atoms with Gasteiger partial charge in [0.1, 0.15) is 12.6 Å². The Morgan fingerprint density at radius 2 is 1.85 bits per heavy atom. The van der Waals surface area contributed by atoms with Gasteiger partial charge in [0.25, 0.3) is 0 Å². The van der Waals surface area contributed by atoms with Gasteiger partial charge in [0, 0.05) is 17.7 Å². The summed E-state index contributed by atoms with van der Waals surface area (Å²) in [6, 6.07) is 3.83. The van der Waals surface area contributed by atoms with E-state index in [4.69, 9.17) is 0 Å². The molecule has 0 aliphatic carbocycles. The van der Waals surface area contributed by atoms with Crippen molar-refractivity contribution in [2.24, 2.45) is 7.05 Å². The van der Waals surface area contributed by atoms with Crippen LogP contribution >= 0.6 is 0 Å². The molecule has 0 radical (unpaired) electrons. The minimum absolute atomic E-state index is 0.917. The smallest absolute Gasteiger partial charge is 0.169 e. The van der Waals surface area contributed by atoms with Crippen LogP contribution in [0.3, 0.4) is 0 Å². The molecule has 0 aliphatic heterocycles. The lowest BCUT2D eigenvalue weighted by atomic mass is 10.1. The fraction of sp³-hybridized carbons (Fsp3) is 0.364. The second kappa shape index (κ2) is 3.59. The molecule has 0 atom stereocenters. The first-order chi connectivity index (χ1) is 5.97. The van der Waals surface area contributed by atoms with E-state index in [9.17, 15) is 5.11 Å². The van der Waals surface area contributed by atoms with Gasteiger partial charge in [0.2, 0.25) is 0 Å². The summed E-state index contributed by atoms with van der Waals surface area (Å²) in [5.74, 6) is 5.65. The van der Waals surface area contributed by atoms with Crippen LogP contribution in [0, 0.1) is 11.8 Å². The fourth-order valence-corrected chi connectivity index (χ4v) is 0.809. The molecule has 2 heteroatoms. The average Bonchev–Trinajstić information content (AvgIpc) is 2.02. The summed E-state index contributed by atoms with van der Waals surface area (Å²) in [5, 5.41) is 9.35. The quantitative estimate of drug-likeness (QED) is 0.455.